The molecule has 22 heavy (non-hydrogen) atoms. The van der Waals surface area contributed by atoms with E-state index in [2.05, 4.69) is 24.2 Å². The SMILES string of the molecule is CC(C)CCNC(N)=NCc1ccccc1CS(C)(=O)=O.I. The van der Waals surface area contributed by atoms with Crippen LogP contribution in [0.1, 0.15) is 31.4 Å². The van der Waals surface area contributed by atoms with E-state index in [4.69, 9.17) is 5.73 Å². The second kappa shape index (κ2) is 10.0. The molecule has 0 radical (unpaired) electrons. The summed E-state index contributed by atoms with van der Waals surface area (Å²) in [7, 11) is -3.06. The van der Waals surface area contributed by atoms with Crippen LogP contribution in [-0.4, -0.2) is 27.2 Å². The zero-order valence-corrected chi connectivity index (χ0v) is 16.5. The minimum Gasteiger partial charge on any atom is -0.370 e. The van der Waals surface area contributed by atoms with Crippen LogP contribution in [-0.2, 0) is 22.1 Å². The van der Waals surface area contributed by atoms with Gasteiger partial charge in [-0.1, -0.05) is 38.1 Å². The van der Waals surface area contributed by atoms with Gasteiger partial charge in [-0.2, -0.15) is 0 Å². The number of sulfone groups is 1. The molecular formula is C15H26IN3O2S. The Morgan fingerprint density at radius 2 is 1.86 bits per heavy atom. The maximum absolute atomic E-state index is 11.4. The Morgan fingerprint density at radius 3 is 2.41 bits per heavy atom. The minimum atomic E-state index is -3.06. The van der Waals surface area contributed by atoms with Crippen molar-refractivity contribution in [3.8, 4) is 0 Å². The van der Waals surface area contributed by atoms with Crippen LogP contribution in [0.3, 0.4) is 0 Å². The van der Waals surface area contributed by atoms with E-state index in [1.165, 1.54) is 6.26 Å². The van der Waals surface area contributed by atoms with Gasteiger partial charge in [0.05, 0.1) is 12.3 Å². The lowest BCUT2D eigenvalue weighted by Crippen LogP contribution is -2.32. The number of nitrogens with zero attached hydrogens (tertiary/aromatic N) is 1. The lowest BCUT2D eigenvalue weighted by molar-refractivity contribution is 0.576. The molecule has 3 N–H and O–H groups in total. The van der Waals surface area contributed by atoms with Crippen LogP contribution >= 0.6 is 24.0 Å². The molecule has 0 atom stereocenters. The van der Waals surface area contributed by atoms with Gasteiger partial charge in [0.25, 0.3) is 0 Å². The summed E-state index contributed by atoms with van der Waals surface area (Å²) in [5.74, 6) is 1.03. The first kappa shape index (κ1) is 21.2. The molecule has 0 aliphatic heterocycles. The molecule has 7 heteroatoms. The van der Waals surface area contributed by atoms with Crippen LogP contribution < -0.4 is 11.1 Å². The van der Waals surface area contributed by atoms with Crippen molar-refractivity contribution < 1.29 is 8.42 Å². The second-order valence-corrected chi connectivity index (χ2v) is 7.79. The van der Waals surface area contributed by atoms with Crippen LogP contribution in [0, 0.1) is 5.92 Å². The minimum absolute atomic E-state index is 0. The molecule has 0 spiro atoms. The second-order valence-electron chi connectivity index (χ2n) is 5.65. The third-order valence-corrected chi connectivity index (χ3v) is 3.82. The summed E-state index contributed by atoms with van der Waals surface area (Å²) >= 11 is 0. The van der Waals surface area contributed by atoms with Gasteiger partial charge in [0.2, 0.25) is 0 Å². The Morgan fingerprint density at radius 1 is 1.27 bits per heavy atom. The van der Waals surface area contributed by atoms with E-state index in [0.717, 1.165) is 24.1 Å². The Hall–Kier alpha value is -0.830. The van der Waals surface area contributed by atoms with E-state index in [1.54, 1.807) is 0 Å². The Kier molecular flexibility index (Phi) is 9.66. The number of aliphatic imine (C=N–C) groups is 1. The zero-order valence-electron chi connectivity index (χ0n) is 13.4. The van der Waals surface area contributed by atoms with Crippen LogP contribution in [0.15, 0.2) is 29.3 Å². The van der Waals surface area contributed by atoms with Gasteiger partial charge in [-0.25, -0.2) is 13.4 Å². The van der Waals surface area contributed by atoms with Gasteiger partial charge in [-0.3, -0.25) is 0 Å². The lowest BCUT2D eigenvalue weighted by Gasteiger charge is -2.09. The first-order valence-corrected chi connectivity index (χ1v) is 9.12. The highest BCUT2D eigenvalue weighted by atomic mass is 127. The van der Waals surface area contributed by atoms with Gasteiger partial charge in [-0.05, 0) is 23.5 Å². The van der Waals surface area contributed by atoms with Gasteiger partial charge < -0.3 is 11.1 Å². The number of nitrogens with two attached hydrogens (primary N) is 1. The molecule has 0 amide bonds. The number of halogens is 1. The molecule has 1 rings (SSSR count). The van der Waals surface area contributed by atoms with E-state index in [0.29, 0.717) is 18.4 Å². The highest BCUT2D eigenvalue weighted by molar-refractivity contribution is 14.0. The number of hydrogen-bond donors (Lipinski definition) is 2. The first-order valence-electron chi connectivity index (χ1n) is 7.06. The molecule has 1 aromatic rings. The number of benzene rings is 1. The average Bonchev–Trinajstić information content (AvgIpc) is 2.35. The number of rotatable bonds is 7. The molecule has 0 heterocycles. The molecule has 0 bridgehead atoms. The molecule has 0 fully saturated rings. The smallest absolute Gasteiger partial charge is 0.188 e. The normalized spacial score (nSPS) is 12.1. The average molecular weight is 439 g/mol. The number of hydrogen-bond acceptors (Lipinski definition) is 3. The van der Waals surface area contributed by atoms with Crippen LogP contribution in [0.5, 0.6) is 0 Å². The van der Waals surface area contributed by atoms with Gasteiger partial charge in [0, 0.05) is 12.8 Å². The first-order chi connectivity index (χ1) is 9.78. The molecule has 0 unspecified atom stereocenters. The summed E-state index contributed by atoms with van der Waals surface area (Å²) < 4.78 is 22.8. The van der Waals surface area contributed by atoms with Crippen LogP contribution in [0.4, 0.5) is 0 Å². The summed E-state index contributed by atoms with van der Waals surface area (Å²) in [4.78, 5) is 4.27. The summed E-state index contributed by atoms with van der Waals surface area (Å²) in [5, 5.41) is 3.06. The molecule has 0 aliphatic rings. The van der Waals surface area contributed by atoms with E-state index >= 15 is 0 Å². The quantitative estimate of drug-likeness (QED) is 0.388. The molecule has 0 saturated heterocycles. The predicted octanol–water partition coefficient (Wildman–Crippen LogP) is 2.30. The van der Waals surface area contributed by atoms with Crippen molar-refractivity contribution in [1.82, 2.24) is 5.32 Å². The van der Waals surface area contributed by atoms with Crippen molar-refractivity contribution in [2.24, 2.45) is 16.6 Å². The fourth-order valence-corrected chi connectivity index (χ4v) is 2.70. The van der Waals surface area contributed by atoms with E-state index in [-0.39, 0.29) is 29.7 Å². The van der Waals surface area contributed by atoms with Crippen molar-refractivity contribution in [3.63, 3.8) is 0 Å². The molecule has 0 saturated carbocycles. The van der Waals surface area contributed by atoms with E-state index in [1.807, 2.05) is 24.3 Å². The van der Waals surface area contributed by atoms with Crippen molar-refractivity contribution in [3.05, 3.63) is 35.4 Å². The maximum atomic E-state index is 11.4. The molecule has 0 aromatic heterocycles. The van der Waals surface area contributed by atoms with E-state index in [9.17, 15) is 8.42 Å². The summed E-state index contributed by atoms with van der Waals surface area (Å²) in [6.07, 6.45) is 2.26. The largest absolute Gasteiger partial charge is 0.370 e. The Bertz CT molecular complexity index is 586. The summed E-state index contributed by atoms with van der Waals surface area (Å²) in [5.41, 5.74) is 7.47. The van der Waals surface area contributed by atoms with E-state index < -0.39 is 9.84 Å². The highest BCUT2D eigenvalue weighted by Crippen LogP contribution is 2.13. The third-order valence-electron chi connectivity index (χ3n) is 2.98. The molecule has 1 aromatic carbocycles. The van der Waals surface area contributed by atoms with Gasteiger partial charge in [-0.15, -0.1) is 24.0 Å². The molecule has 0 aliphatic carbocycles. The summed E-state index contributed by atoms with van der Waals surface area (Å²) in [6, 6.07) is 7.40. The Balaban J connectivity index is 0.00000441. The molecule has 5 nitrogen and oxygen atoms in total. The summed E-state index contributed by atoms with van der Waals surface area (Å²) in [6.45, 7) is 5.47. The van der Waals surface area contributed by atoms with Crippen molar-refractivity contribution in [2.75, 3.05) is 12.8 Å². The maximum Gasteiger partial charge on any atom is 0.188 e. The Labute approximate surface area is 150 Å². The van der Waals surface area contributed by atoms with Crippen LogP contribution in [0.2, 0.25) is 0 Å². The topological polar surface area (TPSA) is 84.5 Å². The van der Waals surface area contributed by atoms with Gasteiger partial charge >= 0.3 is 0 Å². The van der Waals surface area contributed by atoms with Crippen LogP contribution in [0.25, 0.3) is 0 Å². The van der Waals surface area contributed by atoms with Crippen molar-refractivity contribution in [2.45, 2.75) is 32.6 Å². The molecule has 126 valence electrons. The lowest BCUT2D eigenvalue weighted by atomic mass is 10.1. The van der Waals surface area contributed by atoms with Gasteiger partial charge in [0.1, 0.15) is 0 Å². The number of guanidine groups is 1. The number of nitrogens with one attached hydrogen (secondary N) is 1. The fourth-order valence-electron chi connectivity index (χ4n) is 1.85. The standard InChI is InChI=1S/C15H25N3O2S.HI/c1-12(2)8-9-17-15(16)18-10-13-6-4-5-7-14(13)11-21(3,19)20;/h4-7,12H,8-11H2,1-3H3,(H3,16,17,18);1H. The highest BCUT2D eigenvalue weighted by Gasteiger charge is 2.08. The zero-order chi connectivity index (χ0) is 15.9. The van der Waals surface area contributed by atoms with Crippen molar-refractivity contribution in [1.29, 1.82) is 0 Å². The predicted molar refractivity (Wildman–Crippen MR) is 103 cm³/mol. The monoisotopic (exact) mass is 439 g/mol. The van der Waals surface area contributed by atoms with Gasteiger partial charge in [0.15, 0.2) is 15.8 Å². The molecular weight excluding hydrogens is 413 g/mol. The van der Waals surface area contributed by atoms with Crippen molar-refractivity contribution >= 4 is 39.8 Å². The fraction of sp³-hybridized carbons (Fsp3) is 0.533. The third kappa shape index (κ3) is 9.24.